The number of aromatic nitrogens is 1. The Balaban J connectivity index is 1.49. The molecule has 0 amide bonds. The highest BCUT2D eigenvalue weighted by Gasteiger charge is 2.12. The first-order chi connectivity index (χ1) is 12.7. The molecule has 3 aromatic heterocycles. The molecule has 0 saturated carbocycles. The molecule has 3 heterocycles. The second-order valence-corrected chi connectivity index (χ2v) is 8.18. The number of pyridine rings is 1. The Hall–Kier alpha value is -2.11. The van der Waals surface area contributed by atoms with E-state index >= 15 is 0 Å². The minimum atomic E-state index is 0.00907. The van der Waals surface area contributed by atoms with E-state index in [2.05, 4.69) is 17.1 Å². The van der Waals surface area contributed by atoms with Crippen LogP contribution < -0.4 is 0 Å². The fourth-order valence-corrected chi connectivity index (χ4v) is 4.26. The van der Waals surface area contributed by atoms with Crippen molar-refractivity contribution in [1.82, 2.24) is 4.98 Å². The zero-order chi connectivity index (χ0) is 18.2. The molecule has 3 aromatic rings. The van der Waals surface area contributed by atoms with Crippen LogP contribution in [0.25, 0.3) is 0 Å². The second-order valence-electron chi connectivity index (χ2n) is 6.12. The van der Waals surface area contributed by atoms with E-state index in [9.17, 15) is 9.59 Å². The number of nitrogens with zero attached hydrogens (tertiary/aromatic N) is 1. The Kier molecular flexibility index (Phi) is 6.86. The monoisotopic (exact) mass is 383 g/mol. The van der Waals surface area contributed by atoms with Gasteiger partial charge in [0.05, 0.1) is 0 Å². The number of rotatable bonds is 10. The number of Topliss-reactive ketones (excluding diaryl/α,β-unsaturated/α-hetero) is 2. The first-order valence-electron chi connectivity index (χ1n) is 8.80. The van der Waals surface area contributed by atoms with Crippen molar-refractivity contribution in [3.63, 3.8) is 0 Å². The van der Waals surface area contributed by atoms with Crippen LogP contribution in [0, 0.1) is 0 Å². The highest BCUT2D eigenvalue weighted by atomic mass is 32.1. The van der Waals surface area contributed by atoms with Gasteiger partial charge in [-0.25, -0.2) is 4.98 Å². The van der Waals surface area contributed by atoms with Gasteiger partial charge in [0.2, 0.25) is 0 Å². The fraction of sp³-hybridized carbons (Fsp3) is 0.286. The van der Waals surface area contributed by atoms with Gasteiger partial charge in [-0.2, -0.15) is 0 Å². The van der Waals surface area contributed by atoms with Crippen molar-refractivity contribution in [2.45, 2.75) is 38.5 Å². The molecule has 0 aromatic carbocycles. The number of hydrogen-bond acceptors (Lipinski definition) is 5. The molecule has 0 spiro atoms. The van der Waals surface area contributed by atoms with E-state index in [1.165, 1.54) is 9.75 Å². The zero-order valence-corrected chi connectivity index (χ0v) is 16.2. The summed E-state index contributed by atoms with van der Waals surface area (Å²) in [5, 5.41) is 4.10. The maximum atomic E-state index is 12.3. The predicted molar refractivity (Wildman–Crippen MR) is 107 cm³/mol. The third kappa shape index (κ3) is 5.44. The first kappa shape index (κ1) is 18.7. The number of carbonyl (C=O) groups is 2. The maximum Gasteiger partial charge on any atom is 0.181 e. The molecule has 0 saturated heterocycles. The maximum absolute atomic E-state index is 12.3. The zero-order valence-electron chi connectivity index (χ0n) is 14.5. The van der Waals surface area contributed by atoms with E-state index in [-0.39, 0.29) is 11.6 Å². The normalized spacial score (nSPS) is 10.8. The SMILES string of the molecule is O=C(CCCc1cccs1)c1cccc(C(=O)CCCc2cccs2)n1. The van der Waals surface area contributed by atoms with E-state index < -0.39 is 0 Å². The van der Waals surface area contributed by atoms with Gasteiger partial charge in [-0.1, -0.05) is 18.2 Å². The van der Waals surface area contributed by atoms with Crippen LogP contribution in [0.1, 0.15) is 56.4 Å². The summed E-state index contributed by atoms with van der Waals surface area (Å²) in [5.41, 5.74) is 0.806. The van der Waals surface area contributed by atoms with Gasteiger partial charge < -0.3 is 0 Å². The third-order valence-electron chi connectivity index (χ3n) is 4.13. The number of thiophene rings is 2. The van der Waals surface area contributed by atoms with Gasteiger partial charge in [-0.05, 0) is 60.7 Å². The molecule has 0 aliphatic carbocycles. The summed E-state index contributed by atoms with van der Waals surface area (Å²) in [7, 11) is 0. The van der Waals surface area contributed by atoms with Crippen molar-refractivity contribution in [3.05, 3.63) is 74.4 Å². The fourth-order valence-electron chi connectivity index (χ4n) is 2.76. The second kappa shape index (κ2) is 9.55. The highest BCUT2D eigenvalue weighted by Crippen LogP contribution is 2.15. The quantitative estimate of drug-likeness (QED) is 0.427. The van der Waals surface area contributed by atoms with Crippen molar-refractivity contribution in [3.8, 4) is 0 Å². The van der Waals surface area contributed by atoms with Crippen molar-refractivity contribution in [2.24, 2.45) is 0 Å². The Bertz CT molecular complexity index is 771. The molecule has 0 N–H and O–H groups in total. The van der Waals surface area contributed by atoms with Crippen LogP contribution in [0.4, 0.5) is 0 Å². The largest absolute Gasteiger partial charge is 0.292 e. The van der Waals surface area contributed by atoms with Gasteiger partial charge in [0, 0.05) is 22.6 Å². The van der Waals surface area contributed by atoms with E-state index in [0.29, 0.717) is 24.2 Å². The lowest BCUT2D eigenvalue weighted by Gasteiger charge is -2.04. The molecular formula is C21H21NO2S2. The summed E-state index contributed by atoms with van der Waals surface area (Å²) in [6.45, 7) is 0. The molecule has 26 heavy (non-hydrogen) atoms. The molecule has 0 aliphatic rings. The molecule has 0 radical (unpaired) electrons. The summed E-state index contributed by atoms with van der Waals surface area (Å²) < 4.78 is 0. The van der Waals surface area contributed by atoms with Crippen LogP contribution in [0.15, 0.2) is 53.2 Å². The molecular weight excluding hydrogens is 362 g/mol. The number of hydrogen-bond donors (Lipinski definition) is 0. The average Bonchev–Trinajstić information content (AvgIpc) is 3.35. The molecule has 0 atom stereocenters. The molecule has 0 fully saturated rings. The van der Waals surface area contributed by atoms with Crippen LogP contribution in [0.5, 0.6) is 0 Å². The molecule has 0 aliphatic heterocycles. The summed E-state index contributed by atoms with van der Waals surface area (Å²) in [4.78, 5) is 31.6. The summed E-state index contributed by atoms with van der Waals surface area (Å²) in [5.74, 6) is 0.0181. The third-order valence-corrected chi connectivity index (χ3v) is 6.01. The highest BCUT2D eigenvalue weighted by molar-refractivity contribution is 7.10. The summed E-state index contributed by atoms with van der Waals surface area (Å²) >= 11 is 3.42. The van der Waals surface area contributed by atoms with Gasteiger partial charge >= 0.3 is 0 Å². The number of carbonyl (C=O) groups excluding carboxylic acids is 2. The van der Waals surface area contributed by atoms with Crippen LogP contribution in [-0.2, 0) is 12.8 Å². The van der Waals surface area contributed by atoms with E-state index in [1.54, 1.807) is 40.9 Å². The molecule has 3 rings (SSSR count). The smallest absolute Gasteiger partial charge is 0.181 e. The molecule has 3 nitrogen and oxygen atoms in total. The number of ketones is 2. The minimum absolute atomic E-state index is 0.00907. The van der Waals surface area contributed by atoms with Crippen LogP contribution >= 0.6 is 22.7 Å². The van der Waals surface area contributed by atoms with E-state index in [1.807, 2.05) is 22.9 Å². The summed E-state index contributed by atoms with van der Waals surface area (Å²) in [6, 6.07) is 13.4. The Morgan fingerprint density at radius 1 is 0.731 bits per heavy atom. The van der Waals surface area contributed by atoms with Gasteiger partial charge in [0.25, 0.3) is 0 Å². The van der Waals surface area contributed by atoms with Gasteiger partial charge in [0.1, 0.15) is 11.4 Å². The van der Waals surface area contributed by atoms with Gasteiger partial charge in [-0.15, -0.1) is 22.7 Å². The molecule has 5 heteroatoms. The van der Waals surface area contributed by atoms with Crippen LogP contribution in [0.3, 0.4) is 0 Å². The lowest BCUT2D eigenvalue weighted by atomic mass is 10.1. The average molecular weight is 384 g/mol. The van der Waals surface area contributed by atoms with Crippen LogP contribution in [0.2, 0.25) is 0 Å². The van der Waals surface area contributed by atoms with Crippen molar-refractivity contribution < 1.29 is 9.59 Å². The van der Waals surface area contributed by atoms with Crippen LogP contribution in [-0.4, -0.2) is 16.6 Å². The Morgan fingerprint density at radius 3 is 1.65 bits per heavy atom. The Labute approximate surface area is 161 Å². The lowest BCUT2D eigenvalue weighted by molar-refractivity contribution is 0.0971. The first-order valence-corrected chi connectivity index (χ1v) is 10.6. The minimum Gasteiger partial charge on any atom is -0.292 e. The number of aryl methyl sites for hydroxylation is 2. The van der Waals surface area contributed by atoms with Crippen molar-refractivity contribution >= 4 is 34.2 Å². The summed E-state index contributed by atoms with van der Waals surface area (Å²) in [6.07, 6.45) is 4.34. The predicted octanol–water partition coefficient (Wildman–Crippen LogP) is 5.62. The molecule has 0 unspecified atom stereocenters. The molecule has 0 bridgehead atoms. The van der Waals surface area contributed by atoms with E-state index in [0.717, 1.165) is 25.7 Å². The van der Waals surface area contributed by atoms with Crippen molar-refractivity contribution in [2.75, 3.05) is 0 Å². The lowest BCUT2D eigenvalue weighted by Crippen LogP contribution is -2.08. The Morgan fingerprint density at radius 2 is 1.23 bits per heavy atom. The standard InChI is InChI=1S/C21H21NO2S2/c23-20(12-1-6-16-8-4-14-25-16)18-10-3-11-19(22-18)21(24)13-2-7-17-9-5-15-26-17/h3-5,8-11,14-15H,1-2,6-7,12-13H2. The topological polar surface area (TPSA) is 47.0 Å². The van der Waals surface area contributed by atoms with E-state index in [4.69, 9.17) is 0 Å². The van der Waals surface area contributed by atoms with Gasteiger partial charge in [0.15, 0.2) is 11.6 Å². The van der Waals surface area contributed by atoms with Gasteiger partial charge in [-0.3, -0.25) is 9.59 Å². The molecule has 134 valence electrons. The van der Waals surface area contributed by atoms with Crippen molar-refractivity contribution in [1.29, 1.82) is 0 Å².